The summed E-state index contributed by atoms with van der Waals surface area (Å²) in [6, 6.07) is 9.86. The summed E-state index contributed by atoms with van der Waals surface area (Å²) in [5.41, 5.74) is 3.76. The number of hydrogen-bond donors (Lipinski definition) is 1. The first-order valence-corrected chi connectivity index (χ1v) is 10.4. The maximum absolute atomic E-state index is 13.5. The van der Waals surface area contributed by atoms with Gasteiger partial charge in [-0.3, -0.25) is 5.32 Å². The van der Waals surface area contributed by atoms with Gasteiger partial charge in [0.1, 0.15) is 33.7 Å². The molecule has 0 atom stereocenters. The molecule has 0 fully saturated rings. The van der Waals surface area contributed by atoms with Crippen molar-refractivity contribution in [2.24, 2.45) is 0 Å². The molecule has 2 aromatic carbocycles. The minimum Gasteiger partial charge on any atom is -0.496 e. The lowest BCUT2D eigenvalue weighted by Crippen LogP contribution is -2.13. The van der Waals surface area contributed by atoms with Gasteiger partial charge >= 0.3 is 6.09 Å². The van der Waals surface area contributed by atoms with Crippen LogP contribution in [-0.2, 0) is 17.9 Å². The SMILES string of the molecule is CCn1nnc2cc(COC(=O)Nc3sc(-c4ccc(F)cc4OC)nc3C)ccc21. The summed E-state index contributed by atoms with van der Waals surface area (Å²) in [6.07, 6.45) is -0.596. The zero-order valence-electron chi connectivity index (χ0n) is 17.2. The number of aromatic nitrogens is 4. The molecule has 0 aliphatic carbocycles. The summed E-state index contributed by atoms with van der Waals surface area (Å²) < 4.78 is 25.8. The van der Waals surface area contributed by atoms with E-state index in [9.17, 15) is 9.18 Å². The van der Waals surface area contributed by atoms with E-state index in [1.165, 1.54) is 30.6 Å². The third-order valence-electron chi connectivity index (χ3n) is 4.65. The maximum Gasteiger partial charge on any atom is 0.412 e. The fourth-order valence-corrected chi connectivity index (χ4v) is 4.07. The topological polar surface area (TPSA) is 91.2 Å². The first-order chi connectivity index (χ1) is 15.0. The van der Waals surface area contributed by atoms with Crippen LogP contribution in [0.4, 0.5) is 14.2 Å². The number of ether oxygens (including phenoxy) is 2. The van der Waals surface area contributed by atoms with E-state index in [2.05, 4.69) is 20.6 Å². The van der Waals surface area contributed by atoms with Gasteiger partial charge in [0.2, 0.25) is 0 Å². The summed E-state index contributed by atoms with van der Waals surface area (Å²) in [5.74, 6) is -0.0236. The molecule has 1 amide bonds. The molecule has 0 bridgehead atoms. The highest BCUT2D eigenvalue weighted by atomic mass is 32.1. The number of carbonyl (C=O) groups is 1. The Morgan fingerprint density at radius 2 is 2.10 bits per heavy atom. The Kier molecular flexibility index (Phi) is 5.81. The van der Waals surface area contributed by atoms with Crippen molar-refractivity contribution in [3.05, 3.63) is 53.5 Å². The molecule has 2 heterocycles. The van der Waals surface area contributed by atoms with Gasteiger partial charge in [-0.25, -0.2) is 18.9 Å². The zero-order chi connectivity index (χ0) is 22.0. The average Bonchev–Trinajstić information content (AvgIpc) is 3.34. The first-order valence-electron chi connectivity index (χ1n) is 9.55. The lowest BCUT2D eigenvalue weighted by molar-refractivity contribution is 0.155. The van der Waals surface area contributed by atoms with Crippen molar-refractivity contribution in [2.75, 3.05) is 12.4 Å². The van der Waals surface area contributed by atoms with Gasteiger partial charge in [-0.2, -0.15) is 0 Å². The molecule has 0 aliphatic heterocycles. The summed E-state index contributed by atoms with van der Waals surface area (Å²) >= 11 is 1.26. The average molecular weight is 441 g/mol. The van der Waals surface area contributed by atoms with E-state index in [1.54, 1.807) is 17.7 Å². The number of methoxy groups -OCH3 is 1. The van der Waals surface area contributed by atoms with E-state index in [4.69, 9.17) is 9.47 Å². The van der Waals surface area contributed by atoms with Crippen molar-refractivity contribution in [1.82, 2.24) is 20.0 Å². The Labute approximate surface area is 181 Å². The van der Waals surface area contributed by atoms with Crippen molar-refractivity contribution in [3.8, 4) is 16.3 Å². The molecule has 8 nitrogen and oxygen atoms in total. The largest absolute Gasteiger partial charge is 0.496 e. The number of nitrogens with zero attached hydrogens (tertiary/aromatic N) is 4. The van der Waals surface area contributed by atoms with Gasteiger partial charge in [-0.1, -0.05) is 22.6 Å². The molecule has 2 aromatic heterocycles. The molecule has 0 spiro atoms. The van der Waals surface area contributed by atoms with Gasteiger partial charge in [-0.05, 0) is 43.7 Å². The Balaban J connectivity index is 1.43. The summed E-state index contributed by atoms with van der Waals surface area (Å²) in [7, 11) is 1.47. The van der Waals surface area contributed by atoms with E-state index in [0.717, 1.165) is 23.1 Å². The Morgan fingerprint density at radius 3 is 2.87 bits per heavy atom. The molecule has 0 unspecified atom stereocenters. The van der Waals surface area contributed by atoms with Crippen LogP contribution in [-0.4, -0.2) is 33.2 Å². The number of carbonyl (C=O) groups excluding carboxylic acids is 1. The van der Waals surface area contributed by atoms with Gasteiger partial charge < -0.3 is 9.47 Å². The number of halogens is 1. The van der Waals surface area contributed by atoms with Crippen molar-refractivity contribution >= 4 is 33.5 Å². The van der Waals surface area contributed by atoms with Crippen LogP contribution in [0.3, 0.4) is 0 Å². The quantitative estimate of drug-likeness (QED) is 0.463. The number of rotatable bonds is 6. The molecule has 4 rings (SSSR count). The highest BCUT2D eigenvalue weighted by Crippen LogP contribution is 2.37. The highest BCUT2D eigenvalue weighted by molar-refractivity contribution is 7.19. The second-order valence-electron chi connectivity index (χ2n) is 6.71. The molecule has 0 radical (unpaired) electrons. The summed E-state index contributed by atoms with van der Waals surface area (Å²) in [5, 5.41) is 12.1. The van der Waals surface area contributed by atoms with Gasteiger partial charge in [0.25, 0.3) is 0 Å². The van der Waals surface area contributed by atoms with E-state index in [-0.39, 0.29) is 6.61 Å². The van der Waals surface area contributed by atoms with Crippen LogP contribution in [0.5, 0.6) is 5.75 Å². The Morgan fingerprint density at radius 1 is 1.26 bits per heavy atom. The number of benzene rings is 2. The number of amides is 1. The third-order valence-corrected chi connectivity index (χ3v) is 5.76. The molecular weight excluding hydrogens is 421 g/mol. The summed E-state index contributed by atoms with van der Waals surface area (Å²) in [4.78, 5) is 16.8. The molecule has 31 heavy (non-hydrogen) atoms. The minimum atomic E-state index is -0.596. The van der Waals surface area contributed by atoms with Crippen LogP contribution in [0.1, 0.15) is 18.2 Å². The molecule has 0 saturated heterocycles. The van der Waals surface area contributed by atoms with Gasteiger partial charge in [0.05, 0.1) is 23.9 Å². The fourth-order valence-electron chi connectivity index (χ4n) is 3.09. The number of thiazole rings is 1. The van der Waals surface area contributed by atoms with Crippen LogP contribution in [0.25, 0.3) is 21.6 Å². The van der Waals surface area contributed by atoms with Crippen LogP contribution in [0, 0.1) is 12.7 Å². The minimum absolute atomic E-state index is 0.0945. The number of hydrogen-bond acceptors (Lipinski definition) is 7. The molecule has 160 valence electrons. The molecule has 10 heteroatoms. The molecule has 4 aromatic rings. The second-order valence-corrected chi connectivity index (χ2v) is 7.71. The van der Waals surface area contributed by atoms with Gasteiger partial charge in [-0.15, -0.1) is 5.10 Å². The fraction of sp³-hybridized carbons (Fsp3) is 0.238. The third kappa shape index (κ3) is 4.33. The van der Waals surface area contributed by atoms with Crippen molar-refractivity contribution in [2.45, 2.75) is 27.0 Å². The second kappa shape index (κ2) is 8.68. The number of aryl methyl sites for hydroxylation is 2. The molecule has 0 aliphatic rings. The van der Waals surface area contributed by atoms with E-state index in [1.807, 2.05) is 25.1 Å². The molecular formula is C21H20FN5O3S. The van der Waals surface area contributed by atoms with Crippen LogP contribution in [0.2, 0.25) is 0 Å². The highest BCUT2D eigenvalue weighted by Gasteiger charge is 2.16. The normalized spacial score (nSPS) is 11.0. The first kappa shape index (κ1) is 20.7. The Hall–Kier alpha value is -3.53. The van der Waals surface area contributed by atoms with Crippen molar-refractivity contribution in [1.29, 1.82) is 0 Å². The molecule has 0 saturated carbocycles. The van der Waals surface area contributed by atoms with E-state index < -0.39 is 11.9 Å². The predicted molar refractivity (Wildman–Crippen MR) is 116 cm³/mol. The standard InChI is InChI=1S/C21H20FN5O3S/c1-4-27-17-8-5-13(9-16(17)25-26-27)11-30-21(28)24-19-12(2)23-20(31-19)15-7-6-14(22)10-18(15)29-3/h5-10H,4,11H2,1-3H3,(H,24,28). The number of fused-ring (bicyclic) bond motifs is 1. The van der Waals surface area contributed by atoms with Crippen molar-refractivity contribution < 1.29 is 18.7 Å². The van der Waals surface area contributed by atoms with Gasteiger partial charge in [0.15, 0.2) is 0 Å². The van der Waals surface area contributed by atoms with Crippen molar-refractivity contribution in [3.63, 3.8) is 0 Å². The van der Waals surface area contributed by atoms with Crippen LogP contribution in [0.15, 0.2) is 36.4 Å². The summed E-state index contributed by atoms with van der Waals surface area (Å²) in [6.45, 7) is 4.59. The van der Waals surface area contributed by atoms with Crippen LogP contribution >= 0.6 is 11.3 Å². The zero-order valence-corrected chi connectivity index (χ0v) is 18.0. The van der Waals surface area contributed by atoms with E-state index >= 15 is 0 Å². The lowest BCUT2D eigenvalue weighted by atomic mass is 10.2. The predicted octanol–water partition coefficient (Wildman–Crippen LogP) is 4.78. The molecule has 1 N–H and O–H groups in total. The van der Waals surface area contributed by atoms with Gasteiger partial charge in [0, 0.05) is 12.6 Å². The smallest absolute Gasteiger partial charge is 0.412 e. The monoisotopic (exact) mass is 441 g/mol. The van der Waals surface area contributed by atoms with E-state index in [0.29, 0.717) is 27.0 Å². The van der Waals surface area contributed by atoms with Crippen LogP contribution < -0.4 is 10.1 Å². The maximum atomic E-state index is 13.5. The number of anilines is 1. The lowest BCUT2D eigenvalue weighted by Gasteiger charge is -2.06. The number of nitrogens with one attached hydrogen (secondary N) is 1. The Bertz CT molecular complexity index is 1250.